The third-order valence-corrected chi connectivity index (χ3v) is 5.48. The zero-order valence-electron chi connectivity index (χ0n) is 15.8. The fraction of sp³-hybridized carbons (Fsp3) is 0.364. The highest BCUT2D eigenvalue weighted by molar-refractivity contribution is 5.98. The van der Waals surface area contributed by atoms with E-state index in [1.54, 1.807) is 0 Å². The second-order valence-corrected chi connectivity index (χ2v) is 7.29. The monoisotopic (exact) mass is 362 g/mol. The van der Waals surface area contributed by atoms with Crippen molar-refractivity contribution in [2.24, 2.45) is 10.9 Å². The Balaban J connectivity index is 1.37. The van der Waals surface area contributed by atoms with Gasteiger partial charge in [-0.3, -0.25) is 15.1 Å². The third-order valence-electron chi connectivity index (χ3n) is 5.48. The van der Waals surface area contributed by atoms with Crippen LogP contribution >= 0.6 is 0 Å². The lowest BCUT2D eigenvalue weighted by Gasteiger charge is -2.33. The molecule has 1 N–H and O–H groups in total. The minimum absolute atomic E-state index is 0.0651. The summed E-state index contributed by atoms with van der Waals surface area (Å²) in [5.41, 5.74) is 3.69. The number of hydrogen-bond donors (Lipinski definition) is 1. The lowest BCUT2D eigenvalue weighted by molar-refractivity contribution is -0.124. The lowest BCUT2D eigenvalue weighted by atomic mass is 9.95. The van der Waals surface area contributed by atoms with Gasteiger partial charge < -0.3 is 9.80 Å². The molecular formula is C22H26N4O. The van der Waals surface area contributed by atoms with E-state index in [1.807, 2.05) is 18.0 Å². The number of guanidine groups is 1. The maximum atomic E-state index is 12.5. The van der Waals surface area contributed by atoms with Crippen molar-refractivity contribution in [2.75, 3.05) is 38.1 Å². The summed E-state index contributed by atoms with van der Waals surface area (Å²) >= 11 is 0. The van der Waals surface area contributed by atoms with Crippen molar-refractivity contribution in [1.82, 2.24) is 10.2 Å². The van der Waals surface area contributed by atoms with Crippen LogP contribution in [0.15, 0.2) is 59.6 Å². The van der Waals surface area contributed by atoms with Crippen LogP contribution in [0.3, 0.4) is 0 Å². The zero-order chi connectivity index (χ0) is 18.6. The Morgan fingerprint density at radius 2 is 1.74 bits per heavy atom. The fourth-order valence-electron chi connectivity index (χ4n) is 3.79. The van der Waals surface area contributed by atoms with E-state index in [4.69, 9.17) is 0 Å². The Kier molecular flexibility index (Phi) is 5.10. The number of nitrogens with zero attached hydrogens (tertiary/aromatic N) is 3. The first kappa shape index (κ1) is 17.6. The molecule has 2 heterocycles. The van der Waals surface area contributed by atoms with Gasteiger partial charge in [0.15, 0.2) is 0 Å². The van der Waals surface area contributed by atoms with Crippen LogP contribution in [0.2, 0.25) is 0 Å². The van der Waals surface area contributed by atoms with E-state index in [2.05, 4.69) is 63.7 Å². The third kappa shape index (κ3) is 3.97. The predicted molar refractivity (Wildman–Crippen MR) is 110 cm³/mol. The van der Waals surface area contributed by atoms with Gasteiger partial charge in [-0.2, -0.15) is 0 Å². The normalized spacial score (nSPS) is 17.7. The molecule has 1 amide bonds. The SMILES string of the molecule is CN1CCN=C1NC(=O)C1CCN(c2cccc(-c3ccccc3)c2)CC1. The van der Waals surface area contributed by atoms with Gasteiger partial charge in [0.2, 0.25) is 11.9 Å². The van der Waals surface area contributed by atoms with Crippen molar-refractivity contribution in [3.8, 4) is 11.1 Å². The summed E-state index contributed by atoms with van der Waals surface area (Å²) in [6.45, 7) is 3.45. The first-order valence-corrected chi connectivity index (χ1v) is 9.67. The lowest BCUT2D eigenvalue weighted by Crippen LogP contribution is -2.45. The number of carbonyl (C=O) groups is 1. The molecule has 1 fully saturated rings. The zero-order valence-corrected chi connectivity index (χ0v) is 15.8. The van der Waals surface area contributed by atoms with Gasteiger partial charge in [-0.25, -0.2) is 0 Å². The highest BCUT2D eigenvalue weighted by atomic mass is 16.2. The van der Waals surface area contributed by atoms with Crippen LogP contribution in [0, 0.1) is 5.92 Å². The minimum atomic E-state index is 0.0651. The van der Waals surface area contributed by atoms with E-state index < -0.39 is 0 Å². The summed E-state index contributed by atoms with van der Waals surface area (Å²) < 4.78 is 0. The van der Waals surface area contributed by atoms with E-state index in [0.717, 1.165) is 45.0 Å². The second-order valence-electron chi connectivity index (χ2n) is 7.29. The van der Waals surface area contributed by atoms with Crippen molar-refractivity contribution in [3.63, 3.8) is 0 Å². The molecule has 2 aromatic carbocycles. The quantitative estimate of drug-likeness (QED) is 0.913. The van der Waals surface area contributed by atoms with Gasteiger partial charge in [0.25, 0.3) is 0 Å². The number of piperidine rings is 1. The Morgan fingerprint density at radius 1 is 1.00 bits per heavy atom. The molecule has 2 aliphatic heterocycles. The van der Waals surface area contributed by atoms with Crippen LogP contribution in [0.1, 0.15) is 12.8 Å². The topological polar surface area (TPSA) is 47.9 Å². The molecule has 140 valence electrons. The molecule has 0 unspecified atom stereocenters. The van der Waals surface area contributed by atoms with E-state index in [-0.39, 0.29) is 11.8 Å². The summed E-state index contributed by atoms with van der Waals surface area (Å²) in [6, 6.07) is 19.1. The molecule has 0 saturated carbocycles. The molecule has 4 rings (SSSR count). The van der Waals surface area contributed by atoms with Crippen molar-refractivity contribution in [2.45, 2.75) is 12.8 Å². The molecule has 1 saturated heterocycles. The van der Waals surface area contributed by atoms with E-state index in [1.165, 1.54) is 16.8 Å². The minimum Gasteiger partial charge on any atom is -0.371 e. The molecule has 2 aliphatic rings. The van der Waals surface area contributed by atoms with Gasteiger partial charge in [-0.15, -0.1) is 0 Å². The Hall–Kier alpha value is -2.82. The highest BCUT2D eigenvalue weighted by Crippen LogP contribution is 2.28. The van der Waals surface area contributed by atoms with E-state index >= 15 is 0 Å². The van der Waals surface area contributed by atoms with Crippen LogP contribution in [-0.4, -0.2) is 50.0 Å². The fourth-order valence-corrected chi connectivity index (χ4v) is 3.79. The first-order chi connectivity index (χ1) is 13.2. The molecule has 0 aliphatic carbocycles. The molecule has 0 bridgehead atoms. The molecule has 0 atom stereocenters. The van der Waals surface area contributed by atoms with Crippen LogP contribution in [-0.2, 0) is 4.79 Å². The molecular weight excluding hydrogens is 336 g/mol. The van der Waals surface area contributed by atoms with Crippen molar-refractivity contribution in [1.29, 1.82) is 0 Å². The van der Waals surface area contributed by atoms with Crippen LogP contribution < -0.4 is 10.2 Å². The van der Waals surface area contributed by atoms with Crippen LogP contribution in [0.5, 0.6) is 0 Å². The number of anilines is 1. The van der Waals surface area contributed by atoms with Crippen LogP contribution in [0.25, 0.3) is 11.1 Å². The maximum Gasteiger partial charge on any atom is 0.229 e. The van der Waals surface area contributed by atoms with Gasteiger partial charge in [0.05, 0.1) is 6.54 Å². The number of rotatable bonds is 3. The largest absolute Gasteiger partial charge is 0.371 e. The number of carbonyl (C=O) groups excluding carboxylic acids is 1. The average molecular weight is 362 g/mol. The summed E-state index contributed by atoms with van der Waals surface area (Å²) in [5.74, 6) is 0.897. The van der Waals surface area contributed by atoms with Gasteiger partial charge >= 0.3 is 0 Å². The van der Waals surface area contributed by atoms with Crippen LogP contribution in [0.4, 0.5) is 5.69 Å². The number of aliphatic imine (C=N–C) groups is 1. The molecule has 0 spiro atoms. The Morgan fingerprint density at radius 3 is 2.44 bits per heavy atom. The molecule has 27 heavy (non-hydrogen) atoms. The van der Waals surface area contributed by atoms with E-state index in [0.29, 0.717) is 0 Å². The number of benzene rings is 2. The molecule has 0 radical (unpaired) electrons. The molecule has 5 heteroatoms. The number of nitrogens with one attached hydrogen (secondary N) is 1. The van der Waals surface area contributed by atoms with Crippen molar-refractivity contribution in [3.05, 3.63) is 54.6 Å². The van der Waals surface area contributed by atoms with Gasteiger partial charge in [0, 0.05) is 38.3 Å². The Labute approximate surface area is 160 Å². The Bertz CT molecular complexity index is 825. The van der Waals surface area contributed by atoms with Gasteiger partial charge in [-0.1, -0.05) is 42.5 Å². The molecule has 5 nitrogen and oxygen atoms in total. The predicted octanol–water partition coefficient (Wildman–Crippen LogP) is 2.99. The molecule has 0 aromatic heterocycles. The van der Waals surface area contributed by atoms with E-state index in [9.17, 15) is 4.79 Å². The summed E-state index contributed by atoms with van der Waals surface area (Å²) in [7, 11) is 1.97. The smallest absolute Gasteiger partial charge is 0.229 e. The highest BCUT2D eigenvalue weighted by Gasteiger charge is 2.27. The van der Waals surface area contributed by atoms with Gasteiger partial charge in [-0.05, 0) is 36.1 Å². The van der Waals surface area contributed by atoms with Crippen molar-refractivity contribution >= 4 is 17.6 Å². The van der Waals surface area contributed by atoms with Gasteiger partial charge in [0.1, 0.15) is 0 Å². The maximum absolute atomic E-state index is 12.5. The summed E-state index contributed by atoms with van der Waals surface area (Å²) in [5, 5.41) is 3.00. The number of amides is 1. The average Bonchev–Trinajstić information content (AvgIpc) is 3.13. The van der Waals surface area contributed by atoms with Crippen molar-refractivity contribution < 1.29 is 4.79 Å². The first-order valence-electron chi connectivity index (χ1n) is 9.67. The second kappa shape index (κ2) is 7.82. The molecule has 2 aromatic rings. The number of hydrogen-bond acceptors (Lipinski definition) is 4. The number of likely N-dealkylation sites (N-methyl/N-ethyl adjacent to an activating group) is 1. The standard InChI is InChI=1S/C22H26N4O/c1-25-15-12-23-22(25)24-21(27)18-10-13-26(14-11-18)20-9-5-8-19(16-20)17-6-3-2-4-7-17/h2-9,16,18H,10-15H2,1H3,(H,23,24,27). The summed E-state index contributed by atoms with van der Waals surface area (Å²) in [4.78, 5) is 21.3. The summed E-state index contributed by atoms with van der Waals surface area (Å²) in [6.07, 6.45) is 1.75.